The van der Waals surface area contributed by atoms with Crippen LogP contribution >= 0.6 is 0 Å². The SMILES string of the molecule is CCC(C)N(CCOC)c1c(F)cc(C#N)cc1F. The third kappa shape index (κ3) is 3.65. The second kappa shape index (κ2) is 7.05. The summed E-state index contributed by atoms with van der Waals surface area (Å²) < 4.78 is 33.0. The van der Waals surface area contributed by atoms with Crippen LogP contribution in [0, 0.1) is 23.0 Å². The van der Waals surface area contributed by atoms with Crippen LogP contribution in [0.3, 0.4) is 0 Å². The molecule has 0 spiro atoms. The highest BCUT2D eigenvalue weighted by Crippen LogP contribution is 2.27. The van der Waals surface area contributed by atoms with Gasteiger partial charge in [-0.05, 0) is 25.5 Å². The molecule has 0 aliphatic rings. The number of halogens is 2. The number of nitriles is 1. The van der Waals surface area contributed by atoms with E-state index in [-0.39, 0.29) is 17.3 Å². The molecule has 0 amide bonds. The number of nitrogens with zero attached hydrogens (tertiary/aromatic N) is 2. The first-order valence-electron chi connectivity index (χ1n) is 6.19. The summed E-state index contributed by atoms with van der Waals surface area (Å²) >= 11 is 0. The Morgan fingerprint density at radius 1 is 1.37 bits per heavy atom. The fourth-order valence-electron chi connectivity index (χ4n) is 1.87. The first kappa shape index (κ1) is 15.4. The maximum atomic E-state index is 14.0. The zero-order valence-corrected chi connectivity index (χ0v) is 11.4. The van der Waals surface area contributed by atoms with Gasteiger partial charge in [-0.15, -0.1) is 0 Å². The lowest BCUT2D eigenvalue weighted by atomic mass is 10.1. The van der Waals surface area contributed by atoms with E-state index in [2.05, 4.69) is 0 Å². The zero-order valence-electron chi connectivity index (χ0n) is 11.4. The standard InChI is InChI=1S/C14H18F2N2O/c1-4-10(2)18(5-6-19-3)14-12(15)7-11(9-17)8-13(14)16/h7-8,10H,4-6H2,1-3H3. The zero-order chi connectivity index (χ0) is 14.4. The normalized spacial score (nSPS) is 12.0. The van der Waals surface area contributed by atoms with Crippen LogP contribution in [0.5, 0.6) is 0 Å². The van der Waals surface area contributed by atoms with Gasteiger partial charge in [-0.3, -0.25) is 0 Å². The van der Waals surface area contributed by atoms with E-state index in [1.165, 1.54) is 0 Å². The summed E-state index contributed by atoms with van der Waals surface area (Å²) in [5.74, 6) is -1.43. The molecule has 1 rings (SSSR count). The smallest absolute Gasteiger partial charge is 0.150 e. The minimum Gasteiger partial charge on any atom is -0.383 e. The Morgan fingerprint density at radius 3 is 2.37 bits per heavy atom. The summed E-state index contributed by atoms with van der Waals surface area (Å²) in [6.07, 6.45) is 0.753. The minimum absolute atomic E-state index is 0.0189. The van der Waals surface area contributed by atoms with Crippen molar-refractivity contribution in [3.05, 3.63) is 29.3 Å². The van der Waals surface area contributed by atoms with Crippen LogP contribution in [0.4, 0.5) is 14.5 Å². The van der Waals surface area contributed by atoms with Crippen molar-refractivity contribution in [3.8, 4) is 6.07 Å². The van der Waals surface area contributed by atoms with E-state index in [1.807, 2.05) is 13.8 Å². The lowest BCUT2D eigenvalue weighted by Crippen LogP contribution is -2.36. The molecule has 0 aromatic heterocycles. The Labute approximate surface area is 112 Å². The van der Waals surface area contributed by atoms with Gasteiger partial charge in [0.05, 0.1) is 18.2 Å². The maximum absolute atomic E-state index is 14.0. The second-order valence-electron chi connectivity index (χ2n) is 4.34. The number of ether oxygens (including phenoxy) is 1. The molecule has 0 N–H and O–H groups in total. The third-order valence-electron chi connectivity index (χ3n) is 3.09. The van der Waals surface area contributed by atoms with E-state index >= 15 is 0 Å². The first-order valence-corrected chi connectivity index (χ1v) is 6.19. The molecular formula is C14H18F2N2O. The van der Waals surface area contributed by atoms with Crippen LogP contribution in [-0.2, 0) is 4.74 Å². The molecule has 5 heteroatoms. The average molecular weight is 268 g/mol. The van der Waals surface area contributed by atoms with Gasteiger partial charge in [-0.25, -0.2) is 8.78 Å². The highest BCUT2D eigenvalue weighted by Gasteiger charge is 2.21. The van der Waals surface area contributed by atoms with Crippen molar-refractivity contribution in [1.82, 2.24) is 0 Å². The van der Waals surface area contributed by atoms with Crippen molar-refractivity contribution in [2.75, 3.05) is 25.2 Å². The molecule has 0 bridgehead atoms. The molecular weight excluding hydrogens is 250 g/mol. The number of methoxy groups -OCH3 is 1. The Balaban J connectivity index is 3.18. The molecule has 0 radical (unpaired) electrons. The summed E-state index contributed by atoms with van der Waals surface area (Å²) in [5.41, 5.74) is -0.111. The fraction of sp³-hybridized carbons (Fsp3) is 0.500. The largest absolute Gasteiger partial charge is 0.383 e. The fourth-order valence-corrected chi connectivity index (χ4v) is 1.87. The lowest BCUT2D eigenvalue weighted by Gasteiger charge is -2.31. The topological polar surface area (TPSA) is 36.3 Å². The Bertz CT molecular complexity index is 448. The molecule has 0 aliphatic carbocycles. The van der Waals surface area contributed by atoms with E-state index in [4.69, 9.17) is 10.00 Å². The van der Waals surface area contributed by atoms with Crippen molar-refractivity contribution >= 4 is 5.69 Å². The predicted molar refractivity (Wildman–Crippen MR) is 70.0 cm³/mol. The molecule has 0 saturated carbocycles. The summed E-state index contributed by atoms with van der Waals surface area (Å²) in [7, 11) is 1.54. The predicted octanol–water partition coefficient (Wildman–Crippen LogP) is 3.09. The van der Waals surface area contributed by atoms with Crippen LogP contribution in [0.15, 0.2) is 12.1 Å². The summed E-state index contributed by atoms with van der Waals surface area (Å²) in [6, 6.07) is 3.83. The van der Waals surface area contributed by atoms with Gasteiger partial charge in [0.1, 0.15) is 5.69 Å². The van der Waals surface area contributed by atoms with Crippen LogP contribution in [0.1, 0.15) is 25.8 Å². The average Bonchev–Trinajstić information content (AvgIpc) is 2.40. The van der Waals surface area contributed by atoms with Crippen molar-refractivity contribution < 1.29 is 13.5 Å². The van der Waals surface area contributed by atoms with Gasteiger partial charge in [0.2, 0.25) is 0 Å². The van der Waals surface area contributed by atoms with Gasteiger partial charge in [-0.1, -0.05) is 6.92 Å². The number of rotatable bonds is 6. The Kier molecular flexibility index (Phi) is 5.71. The third-order valence-corrected chi connectivity index (χ3v) is 3.09. The molecule has 104 valence electrons. The summed E-state index contributed by atoms with van der Waals surface area (Å²) in [4.78, 5) is 1.63. The first-order chi connectivity index (χ1) is 9.04. The van der Waals surface area contributed by atoms with Crippen LogP contribution in [0.2, 0.25) is 0 Å². The van der Waals surface area contributed by atoms with E-state index in [9.17, 15) is 8.78 Å². The Morgan fingerprint density at radius 2 is 1.95 bits per heavy atom. The van der Waals surface area contributed by atoms with E-state index in [1.54, 1.807) is 18.1 Å². The molecule has 1 aromatic rings. The number of hydrogen-bond acceptors (Lipinski definition) is 3. The van der Waals surface area contributed by atoms with Crippen LogP contribution in [0.25, 0.3) is 0 Å². The van der Waals surface area contributed by atoms with Crippen LogP contribution < -0.4 is 4.90 Å². The molecule has 1 atom stereocenters. The number of anilines is 1. The summed E-state index contributed by atoms with van der Waals surface area (Å²) in [6.45, 7) is 4.62. The maximum Gasteiger partial charge on any atom is 0.150 e. The number of hydrogen-bond donors (Lipinski definition) is 0. The lowest BCUT2D eigenvalue weighted by molar-refractivity contribution is 0.203. The minimum atomic E-state index is -0.715. The highest BCUT2D eigenvalue weighted by molar-refractivity contribution is 5.53. The molecule has 1 aromatic carbocycles. The van der Waals surface area contributed by atoms with Gasteiger partial charge in [-0.2, -0.15) is 5.26 Å². The van der Waals surface area contributed by atoms with Gasteiger partial charge >= 0.3 is 0 Å². The van der Waals surface area contributed by atoms with Gasteiger partial charge in [0.25, 0.3) is 0 Å². The van der Waals surface area contributed by atoms with E-state index in [0.717, 1.165) is 18.6 Å². The molecule has 1 unspecified atom stereocenters. The van der Waals surface area contributed by atoms with Gasteiger partial charge < -0.3 is 9.64 Å². The van der Waals surface area contributed by atoms with Crippen molar-refractivity contribution in [3.63, 3.8) is 0 Å². The highest BCUT2D eigenvalue weighted by atomic mass is 19.1. The second-order valence-corrected chi connectivity index (χ2v) is 4.34. The van der Waals surface area contributed by atoms with E-state index in [0.29, 0.717) is 13.2 Å². The molecule has 0 fully saturated rings. The van der Waals surface area contributed by atoms with Crippen molar-refractivity contribution in [1.29, 1.82) is 5.26 Å². The summed E-state index contributed by atoms with van der Waals surface area (Å²) in [5, 5.41) is 8.70. The Hall–Kier alpha value is -1.67. The molecule has 0 saturated heterocycles. The van der Waals surface area contributed by atoms with Crippen molar-refractivity contribution in [2.24, 2.45) is 0 Å². The molecule has 0 heterocycles. The molecule has 0 aliphatic heterocycles. The van der Waals surface area contributed by atoms with Crippen LogP contribution in [-0.4, -0.2) is 26.3 Å². The van der Waals surface area contributed by atoms with E-state index < -0.39 is 11.6 Å². The molecule has 3 nitrogen and oxygen atoms in total. The van der Waals surface area contributed by atoms with Gasteiger partial charge in [0, 0.05) is 19.7 Å². The molecule has 19 heavy (non-hydrogen) atoms. The quantitative estimate of drug-likeness (QED) is 0.795. The van der Waals surface area contributed by atoms with Gasteiger partial charge in [0.15, 0.2) is 11.6 Å². The van der Waals surface area contributed by atoms with Crippen molar-refractivity contribution in [2.45, 2.75) is 26.3 Å². The monoisotopic (exact) mass is 268 g/mol. The number of benzene rings is 1.